The number of hydrogen-bond acceptors (Lipinski definition) is 4. The van der Waals surface area contributed by atoms with Gasteiger partial charge in [-0.05, 0) is 18.6 Å². The largest absolute Gasteiger partial charge is 0.573 e. The molecule has 0 aromatic carbocycles. The molecule has 10 heteroatoms. The van der Waals surface area contributed by atoms with Gasteiger partial charge in [0, 0.05) is 0 Å². The van der Waals surface area contributed by atoms with Gasteiger partial charge in [0.15, 0.2) is 5.75 Å². The molecule has 0 bridgehead atoms. The van der Waals surface area contributed by atoms with Gasteiger partial charge in [0.2, 0.25) is 11.0 Å². The van der Waals surface area contributed by atoms with Gasteiger partial charge < -0.3 is 4.74 Å². The lowest BCUT2D eigenvalue weighted by molar-refractivity contribution is -0.276. The van der Waals surface area contributed by atoms with E-state index in [1.165, 1.54) is 0 Å². The number of aromatic nitrogens is 1. The molecule has 0 amide bonds. The average Bonchev–Trinajstić information content (AvgIpc) is 2.05. The van der Waals surface area contributed by atoms with Crippen LogP contribution in [0.25, 0.3) is 0 Å². The van der Waals surface area contributed by atoms with Gasteiger partial charge in [-0.2, -0.15) is 4.39 Å². The maximum Gasteiger partial charge on any atom is 0.573 e. The number of aryl methyl sites for hydroxylation is 1. The van der Waals surface area contributed by atoms with Gasteiger partial charge in [-0.15, -0.1) is 13.2 Å². The molecule has 96 valence electrons. The zero-order valence-electron chi connectivity index (χ0n) is 8.25. The molecule has 0 aliphatic rings. The van der Waals surface area contributed by atoms with Gasteiger partial charge >= 0.3 is 6.36 Å². The number of halogens is 4. The monoisotopic (exact) mass is 274 g/mol. The minimum Gasteiger partial charge on any atom is -0.402 e. The fraction of sp³-hybridized carbons (Fsp3) is 0.286. The van der Waals surface area contributed by atoms with Gasteiger partial charge in [-0.3, -0.25) is 0 Å². The highest BCUT2D eigenvalue weighted by atomic mass is 32.2. The summed E-state index contributed by atoms with van der Waals surface area (Å²) in [5, 5.41) is 3.31. The summed E-state index contributed by atoms with van der Waals surface area (Å²) >= 11 is 0. The summed E-state index contributed by atoms with van der Waals surface area (Å²) in [5.41, 5.74) is -0.390. The van der Waals surface area contributed by atoms with Crippen LogP contribution in [0.1, 0.15) is 5.56 Å². The van der Waals surface area contributed by atoms with Crippen molar-refractivity contribution in [3.8, 4) is 5.75 Å². The number of primary sulfonamides is 1. The van der Waals surface area contributed by atoms with Gasteiger partial charge in [0.1, 0.15) is 0 Å². The predicted molar refractivity (Wildman–Crippen MR) is 47.0 cm³/mol. The van der Waals surface area contributed by atoms with Crippen LogP contribution < -0.4 is 9.88 Å². The second-order valence-electron chi connectivity index (χ2n) is 2.99. The van der Waals surface area contributed by atoms with Crippen LogP contribution in [0, 0.1) is 12.9 Å². The number of rotatable bonds is 2. The molecule has 0 saturated carbocycles. The van der Waals surface area contributed by atoms with E-state index < -0.39 is 33.1 Å². The number of nitrogens with two attached hydrogens (primary N) is 1. The predicted octanol–water partition coefficient (Wildman–Crippen LogP) is 1.08. The zero-order chi connectivity index (χ0) is 13.4. The standard InChI is InChI=1S/C7H6F4N2O3S/c1-3-2-4(8)13-6(17(12,14)15)5(3)16-7(9,10)11/h2H,1H3,(H2,12,14,15). The molecule has 0 spiro atoms. The van der Waals surface area contributed by atoms with Gasteiger partial charge in [-0.25, -0.2) is 18.5 Å². The van der Waals surface area contributed by atoms with E-state index in [1.54, 1.807) is 0 Å². The Bertz CT molecular complexity index is 541. The molecule has 1 aromatic rings. The third-order valence-corrected chi connectivity index (χ3v) is 2.40. The Kier molecular flexibility index (Phi) is 3.30. The van der Waals surface area contributed by atoms with Crippen molar-refractivity contribution in [3.63, 3.8) is 0 Å². The van der Waals surface area contributed by atoms with Crippen LogP contribution in [-0.4, -0.2) is 19.8 Å². The summed E-state index contributed by atoms with van der Waals surface area (Å²) in [7, 11) is -4.63. The van der Waals surface area contributed by atoms with Crippen molar-refractivity contribution in [1.29, 1.82) is 0 Å². The maximum atomic E-state index is 12.8. The smallest absolute Gasteiger partial charge is 0.402 e. The minimum absolute atomic E-state index is 0.390. The van der Waals surface area contributed by atoms with Crippen LogP contribution >= 0.6 is 0 Å². The highest BCUT2D eigenvalue weighted by molar-refractivity contribution is 7.89. The molecule has 5 nitrogen and oxygen atoms in total. The number of sulfonamides is 1. The molecule has 0 unspecified atom stereocenters. The molecule has 17 heavy (non-hydrogen) atoms. The molecule has 0 radical (unpaired) electrons. The fourth-order valence-electron chi connectivity index (χ4n) is 1.03. The summed E-state index contributed by atoms with van der Waals surface area (Å²) in [5.74, 6) is -2.41. The molecule has 2 N–H and O–H groups in total. The summed E-state index contributed by atoms with van der Waals surface area (Å²) in [6.45, 7) is 1.03. The molecule has 0 saturated heterocycles. The lowest BCUT2D eigenvalue weighted by Gasteiger charge is -2.13. The quantitative estimate of drug-likeness (QED) is 0.646. The van der Waals surface area contributed by atoms with Crippen molar-refractivity contribution in [2.45, 2.75) is 18.3 Å². The second kappa shape index (κ2) is 4.11. The first-order valence-electron chi connectivity index (χ1n) is 3.96. The number of nitrogens with zero attached hydrogens (tertiary/aromatic N) is 1. The lowest BCUT2D eigenvalue weighted by atomic mass is 10.3. The third-order valence-electron chi connectivity index (χ3n) is 1.58. The summed E-state index contributed by atoms with van der Waals surface area (Å²) in [4.78, 5) is 2.78. The maximum absolute atomic E-state index is 12.8. The highest BCUT2D eigenvalue weighted by Crippen LogP contribution is 2.31. The fourth-order valence-corrected chi connectivity index (χ4v) is 1.70. The van der Waals surface area contributed by atoms with E-state index in [9.17, 15) is 26.0 Å². The van der Waals surface area contributed by atoms with Crippen LogP contribution in [-0.2, 0) is 10.0 Å². The Hall–Kier alpha value is -1.42. The Morgan fingerprint density at radius 1 is 1.41 bits per heavy atom. The minimum atomic E-state index is -5.14. The van der Waals surface area contributed by atoms with Crippen molar-refractivity contribution in [2.24, 2.45) is 5.14 Å². The van der Waals surface area contributed by atoms with Crippen molar-refractivity contribution in [2.75, 3.05) is 0 Å². The van der Waals surface area contributed by atoms with E-state index in [-0.39, 0.29) is 5.56 Å². The topological polar surface area (TPSA) is 82.3 Å². The number of pyridine rings is 1. The van der Waals surface area contributed by atoms with E-state index in [0.29, 0.717) is 6.07 Å². The summed E-state index contributed by atoms with van der Waals surface area (Å²) in [6.07, 6.45) is -5.14. The number of alkyl halides is 3. The molecule has 1 rings (SSSR count). The van der Waals surface area contributed by atoms with Crippen LogP contribution in [0.15, 0.2) is 11.1 Å². The summed E-state index contributed by atoms with van der Waals surface area (Å²) < 4.78 is 74.2. The second-order valence-corrected chi connectivity index (χ2v) is 4.47. The highest BCUT2D eigenvalue weighted by Gasteiger charge is 2.35. The van der Waals surface area contributed by atoms with E-state index in [1.807, 2.05) is 0 Å². The first kappa shape index (κ1) is 13.6. The van der Waals surface area contributed by atoms with E-state index in [2.05, 4.69) is 14.9 Å². The molecular formula is C7H6F4N2O3S. The molecular weight excluding hydrogens is 268 g/mol. The number of hydrogen-bond donors (Lipinski definition) is 1. The Morgan fingerprint density at radius 2 is 1.94 bits per heavy atom. The summed E-state index contributed by atoms with van der Waals surface area (Å²) in [6, 6.07) is 0.593. The van der Waals surface area contributed by atoms with Gasteiger partial charge in [0.05, 0.1) is 0 Å². The van der Waals surface area contributed by atoms with Gasteiger partial charge in [0.25, 0.3) is 10.0 Å². The van der Waals surface area contributed by atoms with Crippen LogP contribution in [0.2, 0.25) is 0 Å². The Morgan fingerprint density at radius 3 is 2.35 bits per heavy atom. The first-order chi connectivity index (χ1) is 7.50. The van der Waals surface area contributed by atoms with Crippen molar-refractivity contribution in [3.05, 3.63) is 17.6 Å². The van der Waals surface area contributed by atoms with Crippen molar-refractivity contribution in [1.82, 2.24) is 4.98 Å². The average molecular weight is 274 g/mol. The van der Waals surface area contributed by atoms with Crippen LogP contribution in [0.4, 0.5) is 17.6 Å². The van der Waals surface area contributed by atoms with Crippen molar-refractivity contribution < 1.29 is 30.7 Å². The van der Waals surface area contributed by atoms with E-state index in [0.717, 1.165) is 6.92 Å². The molecule has 0 fully saturated rings. The molecule has 1 heterocycles. The van der Waals surface area contributed by atoms with E-state index >= 15 is 0 Å². The van der Waals surface area contributed by atoms with Crippen molar-refractivity contribution >= 4 is 10.0 Å². The molecule has 0 atom stereocenters. The zero-order valence-corrected chi connectivity index (χ0v) is 9.06. The Labute approximate surface area is 93.3 Å². The first-order valence-corrected chi connectivity index (χ1v) is 5.51. The SMILES string of the molecule is Cc1cc(F)nc(S(N)(=O)=O)c1OC(F)(F)F. The van der Waals surface area contributed by atoms with Gasteiger partial charge in [-0.1, -0.05) is 0 Å². The molecule has 0 aliphatic heterocycles. The normalized spacial score (nSPS) is 12.6. The lowest BCUT2D eigenvalue weighted by Crippen LogP contribution is -2.23. The van der Waals surface area contributed by atoms with Crippen LogP contribution in [0.3, 0.4) is 0 Å². The third kappa shape index (κ3) is 3.53. The molecule has 0 aliphatic carbocycles. The Balaban J connectivity index is 3.47. The van der Waals surface area contributed by atoms with E-state index in [4.69, 9.17) is 0 Å². The molecule has 1 aromatic heterocycles. The number of ether oxygens (including phenoxy) is 1. The van der Waals surface area contributed by atoms with Crippen LogP contribution in [0.5, 0.6) is 5.75 Å².